The number of aromatic amines is 1. The van der Waals surface area contributed by atoms with Gasteiger partial charge in [0.15, 0.2) is 0 Å². The van der Waals surface area contributed by atoms with Crippen LogP contribution in [0.15, 0.2) is 29.3 Å². The minimum Gasteiger partial charge on any atom is -0.478 e. The van der Waals surface area contributed by atoms with Crippen LogP contribution in [0.2, 0.25) is 5.02 Å². The van der Waals surface area contributed by atoms with Crippen LogP contribution in [-0.4, -0.2) is 29.7 Å². The predicted molar refractivity (Wildman–Crippen MR) is 72.5 cm³/mol. The molecule has 0 bridgehead atoms. The summed E-state index contributed by atoms with van der Waals surface area (Å²) in [5.74, 6) is -1.19. The third kappa shape index (κ3) is 2.75. The lowest BCUT2D eigenvalue weighted by Gasteiger charge is -2.08. The second-order valence-electron chi connectivity index (χ2n) is 3.96. The molecule has 1 aromatic carbocycles. The Balaban J connectivity index is 2.33. The van der Waals surface area contributed by atoms with Gasteiger partial charge in [-0.25, -0.2) is 13.2 Å². The topological polar surface area (TPSA) is 112 Å². The van der Waals surface area contributed by atoms with Crippen molar-refractivity contribution in [3.8, 4) is 0 Å². The minimum absolute atomic E-state index is 0.0101. The van der Waals surface area contributed by atoms with E-state index >= 15 is 0 Å². The molecule has 7 nitrogen and oxygen atoms in total. The number of carbonyl (C=O) groups is 1. The van der Waals surface area contributed by atoms with Crippen molar-refractivity contribution in [1.29, 1.82) is 0 Å². The van der Waals surface area contributed by atoms with Crippen molar-refractivity contribution in [2.45, 2.75) is 11.8 Å². The molecule has 2 rings (SSSR count). The van der Waals surface area contributed by atoms with Crippen LogP contribution in [0.4, 0.5) is 5.69 Å². The first-order chi connectivity index (χ1) is 9.31. The Morgan fingerprint density at radius 1 is 1.45 bits per heavy atom. The highest BCUT2D eigenvalue weighted by Gasteiger charge is 2.19. The Kier molecular flexibility index (Phi) is 3.69. The lowest BCUT2D eigenvalue weighted by molar-refractivity contribution is 0.0697. The van der Waals surface area contributed by atoms with E-state index in [9.17, 15) is 13.2 Å². The minimum atomic E-state index is -3.80. The third-order valence-corrected chi connectivity index (χ3v) is 4.33. The molecule has 1 heterocycles. The molecule has 106 valence electrons. The molecule has 0 saturated heterocycles. The average Bonchev–Trinajstić information content (AvgIpc) is 2.75. The van der Waals surface area contributed by atoms with E-state index in [0.717, 1.165) is 0 Å². The molecule has 2 aromatic rings. The highest BCUT2D eigenvalue weighted by atomic mass is 35.5. The van der Waals surface area contributed by atoms with Crippen LogP contribution in [0.3, 0.4) is 0 Å². The molecule has 0 atom stereocenters. The first-order valence-corrected chi connectivity index (χ1v) is 7.23. The summed E-state index contributed by atoms with van der Waals surface area (Å²) in [5, 5.41) is 14.9. The van der Waals surface area contributed by atoms with Crippen LogP contribution in [0, 0.1) is 6.92 Å². The molecule has 0 fully saturated rings. The van der Waals surface area contributed by atoms with Crippen LogP contribution >= 0.6 is 11.6 Å². The number of carboxylic acid groups (broad SMARTS) is 1. The molecule has 9 heteroatoms. The van der Waals surface area contributed by atoms with Gasteiger partial charge in [-0.1, -0.05) is 11.6 Å². The second kappa shape index (κ2) is 5.14. The van der Waals surface area contributed by atoms with Gasteiger partial charge in [0, 0.05) is 0 Å². The number of H-pyrrole nitrogens is 1. The Bertz CT molecular complexity index is 770. The number of hydrogen-bond donors (Lipinski definition) is 3. The maximum atomic E-state index is 12.1. The number of nitrogens with zero attached hydrogens (tertiary/aromatic N) is 1. The number of aromatic carboxylic acids is 1. The van der Waals surface area contributed by atoms with Gasteiger partial charge < -0.3 is 5.11 Å². The smallest absolute Gasteiger partial charge is 0.337 e. The second-order valence-corrected chi connectivity index (χ2v) is 6.02. The number of hydrogen-bond acceptors (Lipinski definition) is 4. The van der Waals surface area contributed by atoms with Crippen molar-refractivity contribution in [2.24, 2.45) is 0 Å². The number of nitrogens with one attached hydrogen (secondary N) is 2. The van der Waals surface area contributed by atoms with Crippen LogP contribution in [0.25, 0.3) is 0 Å². The molecule has 1 aromatic heterocycles. The molecule has 0 saturated carbocycles. The van der Waals surface area contributed by atoms with E-state index in [0.29, 0.717) is 5.69 Å². The van der Waals surface area contributed by atoms with Crippen molar-refractivity contribution in [1.82, 2.24) is 10.2 Å². The molecule has 0 amide bonds. The number of aromatic nitrogens is 2. The van der Waals surface area contributed by atoms with E-state index < -0.39 is 16.0 Å². The number of anilines is 1. The highest BCUT2D eigenvalue weighted by molar-refractivity contribution is 7.92. The summed E-state index contributed by atoms with van der Waals surface area (Å²) >= 11 is 5.78. The number of halogens is 1. The van der Waals surface area contributed by atoms with Gasteiger partial charge in [-0.05, 0) is 25.1 Å². The molecular weight excluding hydrogens is 306 g/mol. The zero-order chi connectivity index (χ0) is 14.9. The molecule has 0 spiro atoms. The van der Waals surface area contributed by atoms with E-state index in [1.165, 1.54) is 24.4 Å². The quantitative estimate of drug-likeness (QED) is 0.797. The molecule has 20 heavy (non-hydrogen) atoms. The van der Waals surface area contributed by atoms with E-state index in [2.05, 4.69) is 14.9 Å². The highest BCUT2D eigenvalue weighted by Crippen LogP contribution is 2.23. The normalized spacial score (nSPS) is 11.3. The van der Waals surface area contributed by atoms with Gasteiger partial charge in [0.25, 0.3) is 10.0 Å². The molecule has 0 unspecified atom stereocenters. The molecule has 0 aliphatic rings. The van der Waals surface area contributed by atoms with Crippen molar-refractivity contribution in [3.63, 3.8) is 0 Å². The van der Waals surface area contributed by atoms with Crippen molar-refractivity contribution in [2.75, 3.05) is 4.72 Å². The molecule has 0 aliphatic carbocycles. The van der Waals surface area contributed by atoms with Crippen molar-refractivity contribution in [3.05, 3.63) is 40.7 Å². The van der Waals surface area contributed by atoms with Gasteiger partial charge in [0.2, 0.25) is 0 Å². The summed E-state index contributed by atoms with van der Waals surface area (Å²) in [7, 11) is -3.80. The van der Waals surface area contributed by atoms with E-state index in [1.54, 1.807) is 6.92 Å². The van der Waals surface area contributed by atoms with Gasteiger partial charge in [-0.2, -0.15) is 5.10 Å². The lowest BCUT2D eigenvalue weighted by atomic mass is 10.2. The molecular formula is C11H10ClN3O4S. The third-order valence-electron chi connectivity index (χ3n) is 2.52. The number of rotatable bonds is 4. The van der Waals surface area contributed by atoms with Gasteiger partial charge in [-0.15, -0.1) is 0 Å². The largest absolute Gasteiger partial charge is 0.478 e. The van der Waals surface area contributed by atoms with Gasteiger partial charge in [0.05, 0.1) is 28.2 Å². The standard InChI is InChI=1S/C11H10ClN3O4S/c1-6-10(5-13-14-6)20(18,19)15-7-2-3-8(11(16)17)9(12)4-7/h2-5,15H,1H3,(H,13,14)(H,16,17). The fourth-order valence-corrected chi connectivity index (χ4v) is 3.02. The number of aryl methyl sites for hydroxylation is 1. The monoisotopic (exact) mass is 315 g/mol. The fourth-order valence-electron chi connectivity index (χ4n) is 1.57. The predicted octanol–water partition coefficient (Wildman–Crippen LogP) is 1.87. The number of carboxylic acids is 1. The summed E-state index contributed by atoms with van der Waals surface area (Å²) in [4.78, 5) is 10.8. The van der Waals surface area contributed by atoms with Crippen LogP contribution in [0.5, 0.6) is 0 Å². The fraction of sp³-hybridized carbons (Fsp3) is 0.0909. The summed E-state index contributed by atoms with van der Waals surface area (Å²) in [6.07, 6.45) is 1.19. The van der Waals surface area contributed by atoms with Gasteiger partial charge in [0.1, 0.15) is 4.90 Å². The Morgan fingerprint density at radius 3 is 2.65 bits per heavy atom. The maximum absolute atomic E-state index is 12.1. The summed E-state index contributed by atoms with van der Waals surface area (Å²) < 4.78 is 26.5. The van der Waals surface area contributed by atoms with E-state index in [4.69, 9.17) is 16.7 Å². The van der Waals surface area contributed by atoms with Gasteiger partial charge in [-0.3, -0.25) is 9.82 Å². The summed E-state index contributed by atoms with van der Waals surface area (Å²) in [5.41, 5.74) is 0.459. The van der Waals surface area contributed by atoms with E-state index in [1.807, 2.05) is 0 Å². The zero-order valence-corrected chi connectivity index (χ0v) is 11.8. The Hall–Kier alpha value is -2.06. The Morgan fingerprint density at radius 2 is 2.15 bits per heavy atom. The first-order valence-electron chi connectivity index (χ1n) is 5.37. The number of benzene rings is 1. The molecule has 0 radical (unpaired) electrons. The van der Waals surface area contributed by atoms with E-state index in [-0.39, 0.29) is 21.2 Å². The maximum Gasteiger partial charge on any atom is 0.337 e. The Labute approximate surface area is 119 Å². The van der Waals surface area contributed by atoms with Crippen molar-refractivity contribution < 1.29 is 18.3 Å². The molecule has 3 N–H and O–H groups in total. The zero-order valence-electron chi connectivity index (χ0n) is 10.2. The van der Waals surface area contributed by atoms with Crippen molar-refractivity contribution >= 4 is 33.3 Å². The SMILES string of the molecule is Cc1[nH]ncc1S(=O)(=O)Nc1ccc(C(=O)O)c(Cl)c1. The van der Waals surface area contributed by atoms with Crippen LogP contribution in [-0.2, 0) is 10.0 Å². The molecule has 0 aliphatic heterocycles. The number of sulfonamides is 1. The van der Waals surface area contributed by atoms with Crippen LogP contribution in [0.1, 0.15) is 16.1 Å². The van der Waals surface area contributed by atoms with Gasteiger partial charge >= 0.3 is 5.97 Å². The average molecular weight is 316 g/mol. The summed E-state index contributed by atoms with van der Waals surface area (Å²) in [6.45, 7) is 1.57. The lowest BCUT2D eigenvalue weighted by Crippen LogP contribution is -2.13. The van der Waals surface area contributed by atoms with Crippen LogP contribution < -0.4 is 4.72 Å². The first kappa shape index (κ1) is 14.4. The summed E-state index contributed by atoms with van der Waals surface area (Å²) in [6, 6.07) is 3.78.